The van der Waals surface area contributed by atoms with Crippen molar-refractivity contribution in [2.75, 3.05) is 14.2 Å². The number of halogens is 1. The Labute approximate surface area is 256 Å². The second-order valence-corrected chi connectivity index (χ2v) is 11.1. The van der Waals surface area contributed by atoms with Gasteiger partial charge in [0.1, 0.15) is 28.8 Å². The minimum Gasteiger partial charge on any atom is -0.497 e. The molecular formula is C32H28BrN3O5S. The molecule has 0 radical (unpaired) electrons. The largest absolute Gasteiger partial charge is 0.497 e. The van der Waals surface area contributed by atoms with Crippen molar-refractivity contribution in [2.24, 2.45) is 0 Å². The van der Waals surface area contributed by atoms with Crippen molar-refractivity contribution in [3.63, 3.8) is 0 Å². The number of rotatable bonds is 11. The summed E-state index contributed by atoms with van der Waals surface area (Å²) in [6.45, 7) is 2.81. The Hall–Kier alpha value is -4.28. The first kappa shape index (κ1) is 29.2. The molecule has 8 nitrogen and oxygen atoms in total. The summed E-state index contributed by atoms with van der Waals surface area (Å²) < 4.78 is 19.9. The van der Waals surface area contributed by atoms with Crippen LogP contribution in [0, 0.1) is 0 Å². The number of carbonyl (C=O) groups is 1. The number of aromatic nitrogens is 3. The molecule has 0 unspecified atom stereocenters. The lowest BCUT2D eigenvalue weighted by atomic mass is 10.0. The molecule has 0 aliphatic rings. The molecule has 5 rings (SSSR count). The maximum absolute atomic E-state index is 12.6. The zero-order valence-electron chi connectivity index (χ0n) is 23.2. The van der Waals surface area contributed by atoms with Crippen LogP contribution in [0.2, 0.25) is 0 Å². The number of benzene rings is 4. The number of methoxy groups -OCH3 is 2. The molecule has 0 amide bonds. The SMILES string of the molecule is CCn1c(S/C(=C\c2c(OCc3ccc(Br)cc3)ccc3ccccc23)C(=O)O)nnc1-c1cc(OC)cc(OC)c1. The summed E-state index contributed by atoms with van der Waals surface area (Å²) in [5, 5.41) is 21.3. The highest BCUT2D eigenvalue weighted by atomic mass is 79.9. The van der Waals surface area contributed by atoms with Crippen LogP contribution in [-0.2, 0) is 17.9 Å². The standard InChI is InChI=1S/C32H28BrN3O5S/c1-4-36-30(22-15-24(39-2)17-25(16-22)40-3)34-35-32(36)42-29(31(37)38)18-27-26-8-6-5-7-21(26)11-14-28(27)41-19-20-9-12-23(33)13-10-20/h5-18H,4,19H2,1-3H3,(H,37,38)/b29-18-. The molecule has 0 spiro atoms. The van der Waals surface area contributed by atoms with Crippen molar-refractivity contribution in [2.45, 2.75) is 25.2 Å². The quantitative estimate of drug-likeness (QED) is 0.115. The van der Waals surface area contributed by atoms with Crippen LogP contribution in [0.1, 0.15) is 18.1 Å². The van der Waals surface area contributed by atoms with Gasteiger partial charge in [0.25, 0.3) is 0 Å². The predicted molar refractivity (Wildman–Crippen MR) is 168 cm³/mol. The molecule has 5 aromatic rings. The molecule has 0 aliphatic carbocycles. The van der Waals surface area contributed by atoms with Crippen molar-refractivity contribution in [3.8, 4) is 28.6 Å². The maximum Gasteiger partial charge on any atom is 0.342 e. The molecule has 4 aromatic carbocycles. The monoisotopic (exact) mass is 645 g/mol. The number of hydrogen-bond acceptors (Lipinski definition) is 7. The smallest absolute Gasteiger partial charge is 0.342 e. The van der Waals surface area contributed by atoms with E-state index in [-0.39, 0.29) is 4.91 Å². The Balaban J connectivity index is 1.54. The lowest BCUT2D eigenvalue weighted by molar-refractivity contribution is -0.131. The second kappa shape index (κ2) is 13.1. The zero-order valence-corrected chi connectivity index (χ0v) is 25.6. The average Bonchev–Trinajstić information content (AvgIpc) is 3.43. The highest BCUT2D eigenvalue weighted by molar-refractivity contribution is 9.10. The Morgan fingerprint density at radius 1 is 0.976 bits per heavy atom. The van der Waals surface area contributed by atoms with Gasteiger partial charge in [0.15, 0.2) is 11.0 Å². The molecule has 10 heteroatoms. The topological polar surface area (TPSA) is 95.7 Å². The summed E-state index contributed by atoms with van der Waals surface area (Å²) in [4.78, 5) is 12.7. The van der Waals surface area contributed by atoms with Crippen LogP contribution < -0.4 is 14.2 Å². The Morgan fingerprint density at radius 3 is 2.36 bits per heavy atom. The van der Waals surface area contributed by atoms with Gasteiger partial charge in [0.05, 0.1) is 14.2 Å². The highest BCUT2D eigenvalue weighted by Gasteiger charge is 2.20. The van der Waals surface area contributed by atoms with E-state index in [0.29, 0.717) is 46.9 Å². The summed E-state index contributed by atoms with van der Waals surface area (Å²) in [6, 6.07) is 25.0. The van der Waals surface area contributed by atoms with Crippen molar-refractivity contribution < 1.29 is 24.1 Å². The number of carboxylic acids is 1. The number of thioether (sulfide) groups is 1. The molecule has 1 N–H and O–H groups in total. The third kappa shape index (κ3) is 6.45. The molecule has 0 fully saturated rings. The first-order chi connectivity index (χ1) is 20.4. The minimum atomic E-state index is -1.08. The van der Waals surface area contributed by atoms with Crippen LogP contribution in [0.3, 0.4) is 0 Å². The van der Waals surface area contributed by atoms with Gasteiger partial charge < -0.3 is 23.9 Å². The molecule has 0 saturated carbocycles. The number of ether oxygens (including phenoxy) is 3. The zero-order chi connectivity index (χ0) is 29.6. The summed E-state index contributed by atoms with van der Waals surface area (Å²) in [7, 11) is 3.16. The van der Waals surface area contributed by atoms with Crippen LogP contribution in [0.25, 0.3) is 28.2 Å². The van der Waals surface area contributed by atoms with Gasteiger partial charge in [0, 0.05) is 28.2 Å². The Morgan fingerprint density at radius 2 is 1.69 bits per heavy atom. The highest BCUT2D eigenvalue weighted by Crippen LogP contribution is 2.36. The lowest BCUT2D eigenvalue weighted by Gasteiger charge is -2.14. The summed E-state index contributed by atoms with van der Waals surface area (Å²) >= 11 is 4.50. The van der Waals surface area contributed by atoms with E-state index in [1.807, 2.05) is 84.3 Å². The maximum atomic E-state index is 12.6. The van der Waals surface area contributed by atoms with Crippen LogP contribution in [0.4, 0.5) is 0 Å². The van der Waals surface area contributed by atoms with E-state index in [1.54, 1.807) is 26.4 Å². The van der Waals surface area contributed by atoms with E-state index in [4.69, 9.17) is 14.2 Å². The number of carboxylic acid groups (broad SMARTS) is 1. The molecule has 0 bridgehead atoms. The molecule has 214 valence electrons. The van der Waals surface area contributed by atoms with E-state index in [2.05, 4.69) is 26.1 Å². The van der Waals surface area contributed by atoms with Gasteiger partial charge in [-0.15, -0.1) is 10.2 Å². The molecule has 1 heterocycles. The van der Waals surface area contributed by atoms with E-state index in [9.17, 15) is 9.90 Å². The summed E-state index contributed by atoms with van der Waals surface area (Å²) in [5.41, 5.74) is 2.41. The van der Waals surface area contributed by atoms with Gasteiger partial charge in [-0.05, 0) is 71.4 Å². The molecule has 1 aromatic heterocycles. The Bertz CT molecular complexity index is 1750. The van der Waals surface area contributed by atoms with Gasteiger partial charge in [-0.2, -0.15) is 0 Å². The van der Waals surface area contributed by atoms with Crippen molar-refractivity contribution in [3.05, 3.63) is 99.4 Å². The number of nitrogens with zero attached hydrogens (tertiary/aromatic N) is 3. The van der Waals surface area contributed by atoms with Crippen LogP contribution in [-0.4, -0.2) is 40.1 Å². The third-order valence-electron chi connectivity index (χ3n) is 6.57. The summed E-state index contributed by atoms with van der Waals surface area (Å²) in [6.07, 6.45) is 1.65. The van der Waals surface area contributed by atoms with Crippen molar-refractivity contribution >= 4 is 50.5 Å². The fourth-order valence-electron chi connectivity index (χ4n) is 4.46. The first-order valence-corrected chi connectivity index (χ1v) is 14.7. The van der Waals surface area contributed by atoms with E-state index >= 15 is 0 Å². The van der Waals surface area contributed by atoms with E-state index in [0.717, 1.165) is 38.1 Å². The molecular weight excluding hydrogens is 618 g/mol. The van der Waals surface area contributed by atoms with Crippen LogP contribution in [0.5, 0.6) is 17.2 Å². The normalized spacial score (nSPS) is 11.5. The fraction of sp³-hybridized carbons (Fsp3) is 0.156. The number of aliphatic carboxylic acids is 1. The summed E-state index contributed by atoms with van der Waals surface area (Å²) in [5.74, 6) is 1.30. The predicted octanol–water partition coefficient (Wildman–Crippen LogP) is 7.69. The molecule has 0 atom stereocenters. The van der Waals surface area contributed by atoms with E-state index < -0.39 is 5.97 Å². The van der Waals surface area contributed by atoms with Crippen molar-refractivity contribution in [1.29, 1.82) is 0 Å². The fourth-order valence-corrected chi connectivity index (χ4v) is 5.59. The molecule has 42 heavy (non-hydrogen) atoms. The van der Waals surface area contributed by atoms with E-state index in [1.165, 1.54) is 0 Å². The lowest BCUT2D eigenvalue weighted by Crippen LogP contribution is -2.03. The van der Waals surface area contributed by atoms with Gasteiger partial charge in [-0.25, -0.2) is 4.79 Å². The molecule has 0 aliphatic heterocycles. The van der Waals surface area contributed by atoms with Crippen molar-refractivity contribution in [1.82, 2.24) is 14.8 Å². The van der Waals surface area contributed by atoms with Gasteiger partial charge in [0.2, 0.25) is 0 Å². The number of hydrogen-bond donors (Lipinski definition) is 1. The minimum absolute atomic E-state index is 0.0803. The third-order valence-corrected chi connectivity index (χ3v) is 8.09. The number of fused-ring (bicyclic) bond motifs is 1. The average molecular weight is 647 g/mol. The van der Waals surface area contributed by atoms with Gasteiger partial charge >= 0.3 is 5.97 Å². The van der Waals surface area contributed by atoms with Crippen LogP contribution in [0.15, 0.2) is 93.4 Å². The second-order valence-electron chi connectivity index (χ2n) is 9.18. The Kier molecular flexibility index (Phi) is 9.14. The first-order valence-electron chi connectivity index (χ1n) is 13.1. The van der Waals surface area contributed by atoms with Gasteiger partial charge in [-0.1, -0.05) is 58.4 Å². The molecule has 0 saturated heterocycles. The van der Waals surface area contributed by atoms with Gasteiger partial charge in [-0.3, -0.25) is 0 Å². The van der Waals surface area contributed by atoms with Crippen LogP contribution >= 0.6 is 27.7 Å².